The lowest BCUT2D eigenvalue weighted by molar-refractivity contribution is 0.100. The van der Waals surface area contributed by atoms with Gasteiger partial charge in [-0.1, -0.05) is 6.07 Å². The molecule has 3 rings (SSSR count). The number of rotatable bonds is 3. The fourth-order valence-corrected chi connectivity index (χ4v) is 2.60. The lowest BCUT2D eigenvalue weighted by atomic mass is 10.0. The van der Waals surface area contributed by atoms with Crippen LogP contribution in [0.15, 0.2) is 24.4 Å². The molecule has 110 valence electrons. The number of nitrogens with one attached hydrogen (secondary N) is 1. The number of primary amides is 1. The summed E-state index contributed by atoms with van der Waals surface area (Å²) >= 11 is 0. The minimum absolute atomic E-state index is 0.144. The largest absolute Gasteiger partial charge is 0.494 e. The average Bonchev–Trinajstić information content (AvgIpc) is 2.91. The number of nitrogens with two attached hydrogens (primary N) is 1. The summed E-state index contributed by atoms with van der Waals surface area (Å²) in [6, 6.07) is 4.68. The number of aromatic nitrogens is 2. The van der Waals surface area contributed by atoms with Gasteiger partial charge in [-0.05, 0) is 24.1 Å². The number of nitrogens with zero attached hydrogens (tertiary/aromatic N) is 2. The Kier molecular flexibility index (Phi) is 3.25. The Morgan fingerprint density at radius 2 is 2.38 bits per heavy atom. The van der Waals surface area contributed by atoms with Crippen LogP contribution < -0.4 is 15.8 Å². The maximum absolute atomic E-state index is 13.9. The summed E-state index contributed by atoms with van der Waals surface area (Å²) in [5, 5.41) is 7.32. The predicted octanol–water partition coefficient (Wildman–Crippen LogP) is 1.53. The molecule has 7 heteroatoms. The van der Waals surface area contributed by atoms with Gasteiger partial charge in [0.25, 0.3) is 5.91 Å². The van der Waals surface area contributed by atoms with Crippen molar-refractivity contribution >= 4 is 11.7 Å². The standard InChI is InChI=1S/C14H15FN4O2/c1-21-12-3-2-8(6-10(12)15)11-4-5-17-14-9(13(16)20)7-18-19(11)14/h2-3,6-7,11,17H,4-5H2,1H3,(H2,16,20). The topological polar surface area (TPSA) is 82.2 Å². The lowest BCUT2D eigenvalue weighted by Crippen LogP contribution is -2.26. The van der Waals surface area contributed by atoms with E-state index in [0.29, 0.717) is 17.9 Å². The van der Waals surface area contributed by atoms with Crippen molar-refractivity contribution < 1.29 is 13.9 Å². The molecule has 0 radical (unpaired) electrons. The van der Waals surface area contributed by atoms with Crippen LogP contribution in [-0.2, 0) is 0 Å². The second-order valence-corrected chi connectivity index (χ2v) is 4.84. The third kappa shape index (κ3) is 2.20. The quantitative estimate of drug-likeness (QED) is 0.898. The van der Waals surface area contributed by atoms with E-state index in [4.69, 9.17) is 10.5 Å². The maximum Gasteiger partial charge on any atom is 0.254 e. The van der Waals surface area contributed by atoms with Gasteiger partial charge in [-0.25, -0.2) is 9.07 Å². The van der Waals surface area contributed by atoms with E-state index in [9.17, 15) is 9.18 Å². The number of benzene rings is 1. The van der Waals surface area contributed by atoms with Crippen LogP contribution in [0.3, 0.4) is 0 Å². The molecule has 0 saturated heterocycles. The van der Waals surface area contributed by atoms with Crippen molar-refractivity contribution in [2.75, 3.05) is 19.0 Å². The van der Waals surface area contributed by atoms with Crippen molar-refractivity contribution in [3.05, 3.63) is 41.3 Å². The summed E-state index contributed by atoms with van der Waals surface area (Å²) in [7, 11) is 1.42. The van der Waals surface area contributed by atoms with Crippen LogP contribution in [0.2, 0.25) is 0 Å². The van der Waals surface area contributed by atoms with Gasteiger partial charge in [0.05, 0.1) is 19.3 Å². The van der Waals surface area contributed by atoms with Crippen LogP contribution in [-0.4, -0.2) is 29.3 Å². The normalized spacial score (nSPS) is 17.0. The van der Waals surface area contributed by atoms with Gasteiger partial charge < -0.3 is 15.8 Å². The van der Waals surface area contributed by atoms with Gasteiger partial charge >= 0.3 is 0 Å². The Bertz CT molecular complexity index is 698. The molecule has 0 spiro atoms. The molecule has 2 aromatic rings. The van der Waals surface area contributed by atoms with E-state index in [2.05, 4.69) is 10.4 Å². The molecule has 1 aliphatic heterocycles. The Hall–Kier alpha value is -2.57. The van der Waals surface area contributed by atoms with E-state index in [0.717, 1.165) is 12.0 Å². The van der Waals surface area contributed by atoms with E-state index in [1.54, 1.807) is 16.8 Å². The molecule has 2 heterocycles. The minimum atomic E-state index is -0.537. The van der Waals surface area contributed by atoms with Crippen LogP contribution in [0.5, 0.6) is 5.75 Å². The van der Waals surface area contributed by atoms with Crippen molar-refractivity contribution in [2.24, 2.45) is 5.73 Å². The number of carbonyl (C=O) groups is 1. The van der Waals surface area contributed by atoms with Crippen LogP contribution in [0.1, 0.15) is 28.4 Å². The molecule has 1 aromatic carbocycles. The molecular formula is C14H15FN4O2. The second kappa shape index (κ2) is 5.08. The highest BCUT2D eigenvalue weighted by atomic mass is 19.1. The highest BCUT2D eigenvalue weighted by Gasteiger charge is 2.26. The molecular weight excluding hydrogens is 275 g/mol. The third-order valence-electron chi connectivity index (χ3n) is 3.63. The first-order valence-corrected chi connectivity index (χ1v) is 6.56. The molecule has 1 aromatic heterocycles. The minimum Gasteiger partial charge on any atom is -0.494 e. The number of methoxy groups -OCH3 is 1. The molecule has 6 nitrogen and oxygen atoms in total. The monoisotopic (exact) mass is 290 g/mol. The SMILES string of the molecule is COc1ccc(C2CCNc3c(C(N)=O)cnn32)cc1F. The van der Waals surface area contributed by atoms with Crippen molar-refractivity contribution in [2.45, 2.75) is 12.5 Å². The summed E-state index contributed by atoms with van der Waals surface area (Å²) in [5.41, 5.74) is 6.43. The molecule has 3 N–H and O–H groups in total. The first kappa shape index (κ1) is 13.4. The van der Waals surface area contributed by atoms with Gasteiger partial charge in [0, 0.05) is 6.54 Å². The summed E-state index contributed by atoms with van der Waals surface area (Å²) in [6.45, 7) is 0.657. The van der Waals surface area contributed by atoms with E-state index in [1.165, 1.54) is 19.4 Å². The first-order valence-electron chi connectivity index (χ1n) is 6.56. The van der Waals surface area contributed by atoms with Crippen molar-refractivity contribution in [1.29, 1.82) is 0 Å². The number of halogens is 1. The molecule has 21 heavy (non-hydrogen) atoms. The summed E-state index contributed by atoms with van der Waals surface area (Å²) in [4.78, 5) is 11.4. The van der Waals surface area contributed by atoms with Crippen molar-refractivity contribution in [3.63, 3.8) is 0 Å². The number of carbonyl (C=O) groups excluding carboxylic acids is 1. The van der Waals surface area contributed by atoms with Gasteiger partial charge in [0.1, 0.15) is 11.4 Å². The van der Waals surface area contributed by atoms with Crippen LogP contribution >= 0.6 is 0 Å². The average molecular weight is 290 g/mol. The van der Waals surface area contributed by atoms with Crippen molar-refractivity contribution in [1.82, 2.24) is 9.78 Å². The van der Waals surface area contributed by atoms with Gasteiger partial charge in [-0.3, -0.25) is 4.79 Å². The Morgan fingerprint density at radius 3 is 3.05 bits per heavy atom. The second-order valence-electron chi connectivity index (χ2n) is 4.84. The molecule has 0 fully saturated rings. The molecule has 0 aliphatic carbocycles. The molecule has 1 atom stereocenters. The third-order valence-corrected chi connectivity index (χ3v) is 3.63. The van der Waals surface area contributed by atoms with E-state index >= 15 is 0 Å². The summed E-state index contributed by atoms with van der Waals surface area (Å²) in [6.07, 6.45) is 2.17. The van der Waals surface area contributed by atoms with E-state index in [1.807, 2.05) is 0 Å². The number of ether oxygens (including phenoxy) is 1. The number of fused-ring (bicyclic) bond motifs is 1. The summed E-state index contributed by atoms with van der Waals surface area (Å²) < 4.78 is 20.5. The molecule has 0 saturated carbocycles. The van der Waals surface area contributed by atoms with Crippen LogP contribution in [0.4, 0.5) is 10.2 Å². The lowest BCUT2D eigenvalue weighted by Gasteiger charge is -2.26. The highest BCUT2D eigenvalue weighted by Crippen LogP contribution is 2.32. The van der Waals surface area contributed by atoms with Gasteiger partial charge in [-0.15, -0.1) is 0 Å². The Balaban J connectivity index is 2.02. The van der Waals surface area contributed by atoms with E-state index in [-0.39, 0.29) is 11.8 Å². The van der Waals surface area contributed by atoms with Crippen molar-refractivity contribution in [3.8, 4) is 5.75 Å². The number of amides is 1. The maximum atomic E-state index is 13.9. The van der Waals surface area contributed by atoms with Gasteiger partial charge in [-0.2, -0.15) is 5.10 Å². The Labute approximate surface area is 120 Å². The predicted molar refractivity (Wildman–Crippen MR) is 74.9 cm³/mol. The fourth-order valence-electron chi connectivity index (χ4n) is 2.60. The Morgan fingerprint density at radius 1 is 1.57 bits per heavy atom. The van der Waals surface area contributed by atoms with Gasteiger partial charge in [0.15, 0.2) is 11.6 Å². The zero-order valence-electron chi connectivity index (χ0n) is 11.5. The molecule has 1 amide bonds. The summed E-state index contributed by atoms with van der Waals surface area (Å²) in [5.74, 6) is -0.177. The first-order chi connectivity index (χ1) is 10.1. The van der Waals surface area contributed by atoms with E-state index < -0.39 is 11.7 Å². The zero-order valence-corrected chi connectivity index (χ0v) is 11.5. The zero-order chi connectivity index (χ0) is 15.0. The number of anilines is 1. The van der Waals surface area contributed by atoms with Crippen LogP contribution in [0, 0.1) is 5.82 Å². The fraction of sp³-hybridized carbons (Fsp3) is 0.286. The smallest absolute Gasteiger partial charge is 0.254 e. The molecule has 1 aliphatic rings. The number of hydrogen-bond acceptors (Lipinski definition) is 4. The highest BCUT2D eigenvalue weighted by molar-refractivity contribution is 5.97. The molecule has 0 bridgehead atoms. The van der Waals surface area contributed by atoms with Gasteiger partial charge in [0.2, 0.25) is 0 Å². The molecule has 1 unspecified atom stereocenters. The number of hydrogen-bond donors (Lipinski definition) is 2. The van der Waals surface area contributed by atoms with Crippen LogP contribution in [0.25, 0.3) is 0 Å².